The molecule has 1 heterocycles. The quantitative estimate of drug-likeness (QED) is 0.512. The highest BCUT2D eigenvalue weighted by Gasteiger charge is 2.21. The van der Waals surface area contributed by atoms with E-state index in [4.69, 9.17) is 51.1 Å². The van der Waals surface area contributed by atoms with Gasteiger partial charge in [-0.2, -0.15) is 0 Å². The zero-order chi connectivity index (χ0) is 21.3. The van der Waals surface area contributed by atoms with Crippen LogP contribution in [0.4, 0.5) is 5.69 Å². The normalized spacial score (nSPS) is 16.5. The van der Waals surface area contributed by atoms with Crippen molar-refractivity contribution in [3.63, 3.8) is 0 Å². The van der Waals surface area contributed by atoms with Crippen LogP contribution in [-0.4, -0.2) is 14.6 Å². The van der Waals surface area contributed by atoms with Crippen LogP contribution in [0.15, 0.2) is 64.3 Å². The van der Waals surface area contributed by atoms with E-state index in [1.807, 2.05) is 13.0 Å². The molecular weight excluding hydrogens is 478 g/mol. The Balaban J connectivity index is 1.87. The molecule has 0 aliphatic carbocycles. The lowest BCUT2D eigenvalue weighted by molar-refractivity contribution is 0.449. The van der Waals surface area contributed by atoms with Crippen LogP contribution < -0.4 is 9.46 Å². The van der Waals surface area contributed by atoms with E-state index >= 15 is 0 Å². The Bertz CT molecular complexity index is 1140. The molecule has 1 atom stereocenters. The van der Waals surface area contributed by atoms with Crippen LogP contribution >= 0.6 is 46.4 Å². The highest BCUT2D eigenvalue weighted by molar-refractivity contribution is 7.92. The SMILES string of the molecule is C=C1N=CC(Oc2c(Cl)cc(NS(=O)(=O)c3ccc(Cl)cc3Cl)cc2Cl)=CC1C. The Hall–Kier alpha value is -1.70. The Morgan fingerprint density at radius 3 is 2.31 bits per heavy atom. The van der Waals surface area contributed by atoms with Gasteiger partial charge in [0.15, 0.2) is 5.75 Å². The lowest BCUT2D eigenvalue weighted by Gasteiger charge is -2.17. The van der Waals surface area contributed by atoms with Gasteiger partial charge in [0, 0.05) is 16.6 Å². The maximum atomic E-state index is 12.6. The van der Waals surface area contributed by atoms with Crippen molar-refractivity contribution in [3.8, 4) is 5.75 Å². The number of nitrogens with zero attached hydrogens (tertiary/aromatic N) is 1. The number of nitrogens with one attached hydrogen (secondary N) is 1. The van der Waals surface area contributed by atoms with Gasteiger partial charge in [-0.25, -0.2) is 8.42 Å². The van der Waals surface area contributed by atoms with Crippen LogP contribution in [0.2, 0.25) is 20.1 Å². The molecule has 0 fully saturated rings. The summed E-state index contributed by atoms with van der Waals surface area (Å²) >= 11 is 24.4. The maximum Gasteiger partial charge on any atom is 0.263 e. The summed E-state index contributed by atoms with van der Waals surface area (Å²) in [6.45, 7) is 5.74. The molecule has 0 saturated heterocycles. The predicted octanol–water partition coefficient (Wildman–Crippen LogP) is 6.60. The molecule has 2 aromatic carbocycles. The van der Waals surface area contributed by atoms with E-state index in [2.05, 4.69) is 16.3 Å². The van der Waals surface area contributed by atoms with Gasteiger partial charge >= 0.3 is 0 Å². The third-order valence-corrected chi connectivity index (χ3v) is 6.61. The molecule has 1 aliphatic heterocycles. The third kappa shape index (κ3) is 5.08. The minimum atomic E-state index is -3.99. The maximum absolute atomic E-state index is 12.6. The molecule has 1 N–H and O–H groups in total. The number of ether oxygens (including phenoxy) is 1. The van der Waals surface area contributed by atoms with Crippen molar-refractivity contribution in [2.24, 2.45) is 10.9 Å². The molecule has 0 bridgehead atoms. The fourth-order valence-electron chi connectivity index (χ4n) is 2.45. The number of hydrogen-bond acceptors (Lipinski definition) is 4. The minimum absolute atomic E-state index is 0.00255. The molecular formula is C19H14Cl4N2O3S. The molecule has 1 aliphatic rings. The summed E-state index contributed by atoms with van der Waals surface area (Å²) in [5, 5.41) is 0.536. The number of anilines is 1. The standard InChI is InChI=1S/C19H14Cl4N2O3S/c1-10-5-14(9-24-11(10)2)28-19-16(22)7-13(8-17(19)23)25-29(26,27)18-4-3-12(20)6-15(18)21/h3-10,25H,2H2,1H3. The second-order valence-electron chi connectivity index (χ2n) is 6.16. The molecule has 5 nitrogen and oxygen atoms in total. The Kier molecular flexibility index (Phi) is 6.51. The zero-order valence-electron chi connectivity index (χ0n) is 14.9. The van der Waals surface area contributed by atoms with Crippen LogP contribution in [-0.2, 0) is 10.0 Å². The highest BCUT2D eigenvalue weighted by Crippen LogP contribution is 2.38. The molecule has 152 valence electrons. The molecule has 0 amide bonds. The second kappa shape index (κ2) is 8.58. The first-order chi connectivity index (χ1) is 13.6. The topological polar surface area (TPSA) is 67.8 Å². The number of aliphatic imine (C=N–C) groups is 1. The van der Waals surface area contributed by atoms with Crippen molar-refractivity contribution >= 4 is 68.3 Å². The Morgan fingerprint density at radius 1 is 1.07 bits per heavy atom. The summed E-state index contributed by atoms with van der Waals surface area (Å²) in [5.74, 6) is 0.635. The molecule has 0 saturated carbocycles. The van der Waals surface area contributed by atoms with Gasteiger partial charge in [0.25, 0.3) is 10.0 Å². The van der Waals surface area contributed by atoms with Gasteiger partial charge in [0.1, 0.15) is 10.7 Å². The lowest BCUT2D eigenvalue weighted by Crippen LogP contribution is -2.13. The Labute approximate surface area is 188 Å². The van der Waals surface area contributed by atoms with Gasteiger partial charge < -0.3 is 4.74 Å². The number of allylic oxidation sites excluding steroid dienone is 2. The molecule has 0 spiro atoms. The predicted molar refractivity (Wildman–Crippen MR) is 119 cm³/mol. The first kappa shape index (κ1) is 22.0. The highest BCUT2D eigenvalue weighted by atomic mass is 35.5. The van der Waals surface area contributed by atoms with Gasteiger partial charge in [-0.3, -0.25) is 9.71 Å². The molecule has 0 radical (unpaired) electrons. The largest absolute Gasteiger partial charge is 0.453 e. The molecule has 10 heteroatoms. The van der Waals surface area contributed by atoms with E-state index in [0.717, 1.165) is 0 Å². The van der Waals surface area contributed by atoms with Gasteiger partial charge in [-0.05, 0) is 36.4 Å². The molecule has 0 aromatic heterocycles. The van der Waals surface area contributed by atoms with Crippen LogP contribution in [0.1, 0.15) is 6.92 Å². The fraction of sp³-hybridized carbons (Fsp3) is 0.105. The second-order valence-corrected chi connectivity index (χ2v) is 9.47. The average molecular weight is 492 g/mol. The zero-order valence-corrected chi connectivity index (χ0v) is 18.8. The smallest absolute Gasteiger partial charge is 0.263 e. The summed E-state index contributed by atoms with van der Waals surface area (Å²) in [5.41, 5.74) is 0.853. The van der Waals surface area contributed by atoms with Crippen molar-refractivity contribution in [1.29, 1.82) is 0 Å². The van der Waals surface area contributed by atoms with E-state index in [0.29, 0.717) is 16.5 Å². The van der Waals surface area contributed by atoms with E-state index in [-0.39, 0.29) is 37.3 Å². The van der Waals surface area contributed by atoms with E-state index in [1.165, 1.54) is 36.5 Å². The van der Waals surface area contributed by atoms with E-state index < -0.39 is 10.0 Å². The van der Waals surface area contributed by atoms with Gasteiger partial charge in [0.05, 0.1) is 27.0 Å². The summed E-state index contributed by atoms with van der Waals surface area (Å²) in [6.07, 6.45) is 3.33. The summed E-state index contributed by atoms with van der Waals surface area (Å²) in [6, 6.07) is 6.83. The monoisotopic (exact) mass is 490 g/mol. The summed E-state index contributed by atoms with van der Waals surface area (Å²) < 4.78 is 33.4. The van der Waals surface area contributed by atoms with Gasteiger partial charge in [0.2, 0.25) is 0 Å². The lowest BCUT2D eigenvalue weighted by atomic mass is 10.1. The average Bonchev–Trinajstić information content (AvgIpc) is 2.60. The minimum Gasteiger partial charge on any atom is -0.453 e. The number of halogens is 4. The van der Waals surface area contributed by atoms with Crippen LogP contribution in [0.5, 0.6) is 5.75 Å². The molecule has 29 heavy (non-hydrogen) atoms. The van der Waals surface area contributed by atoms with Crippen molar-refractivity contribution in [2.45, 2.75) is 11.8 Å². The van der Waals surface area contributed by atoms with Gasteiger partial charge in [-0.1, -0.05) is 59.9 Å². The van der Waals surface area contributed by atoms with Crippen LogP contribution in [0, 0.1) is 5.92 Å². The van der Waals surface area contributed by atoms with Crippen molar-refractivity contribution in [2.75, 3.05) is 4.72 Å². The summed E-state index contributed by atoms with van der Waals surface area (Å²) in [7, 11) is -3.99. The van der Waals surface area contributed by atoms with Crippen molar-refractivity contribution < 1.29 is 13.2 Å². The van der Waals surface area contributed by atoms with Crippen molar-refractivity contribution in [3.05, 3.63) is 74.5 Å². The number of dihydropyridines is 1. The van der Waals surface area contributed by atoms with E-state index in [1.54, 1.807) is 0 Å². The van der Waals surface area contributed by atoms with Crippen LogP contribution in [0.3, 0.4) is 0 Å². The van der Waals surface area contributed by atoms with Crippen molar-refractivity contribution in [1.82, 2.24) is 0 Å². The number of benzene rings is 2. The fourth-order valence-corrected chi connectivity index (χ4v) is 4.83. The van der Waals surface area contributed by atoms with Crippen LogP contribution in [0.25, 0.3) is 0 Å². The molecule has 3 rings (SSSR count). The van der Waals surface area contributed by atoms with E-state index in [9.17, 15) is 8.42 Å². The van der Waals surface area contributed by atoms with Gasteiger partial charge in [-0.15, -0.1) is 0 Å². The summed E-state index contributed by atoms with van der Waals surface area (Å²) in [4.78, 5) is 4.02. The number of rotatable bonds is 5. The first-order valence-corrected chi connectivity index (χ1v) is 11.2. The molecule has 1 unspecified atom stereocenters. The number of sulfonamides is 1. The first-order valence-electron chi connectivity index (χ1n) is 8.16. The third-order valence-electron chi connectivity index (χ3n) is 3.95. The number of hydrogen-bond donors (Lipinski definition) is 1. The Morgan fingerprint density at radius 2 is 1.72 bits per heavy atom. The molecule has 2 aromatic rings.